The Morgan fingerprint density at radius 1 is 1.43 bits per heavy atom. The molecular formula is C16H21BrN4O2. The summed E-state index contributed by atoms with van der Waals surface area (Å²) in [4.78, 5) is 11.0. The molecule has 0 spiro atoms. The van der Waals surface area contributed by atoms with Gasteiger partial charge < -0.3 is 4.74 Å². The van der Waals surface area contributed by atoms with Crippen molar-refractivity contribution in [1.29, 1.82) is 0 Å². The van der Waals surface area contributed by atoms with Crippen LogP contribution in [-0.2, 0) is 6.54 Å². The van der Waals surface area contributed by atoms with Gasteiger partial charge in [-0.1, -0.05) is 31.2 Å². The zero-order valence-corrected chi connectivity index (χ0v) is 15.2. The highest BCUT2D eigenvalue weighted by Crippen LogP contribution is 2.35. The van der Waals surface area contributed by atoms with Crippen LogP contribution in [0.2, 0.25) is 0 Å². The molecule has 0 bridgehead atoms. The molecule has 1 fully saturated rings. The van der Waals surface area contributed by atoms with Crippen molar-refractivity contribution in [2.24, 2.45) is 16.5 Å². The summed E-state index contributed by atoms with van der Waals surface area (Å²) in [7, 11) is 0. The summed E-state index contributed by atoms with van der Waals surface area (Å²) in [6, 6.07) is 3.46. The van der Waals surface area contributed by atoms with Crippen LogP contribution in [0.1, 0.15) is 33.6 Å². The first-order valence-corrected chi connectivity index (χ1v) is 8.66. The fourth-order valence-corrected chi connectivity index (χ4v) is 2.91. The lowest BCUT2D eigenvalue weighted by molar-refractivity contribution is 0.205. The van der Waals surface area contributed by atoms with Gasteiger partial charge in [0.25, 0.3) is 0 Å². The van der Waals surface area contributed by atoms with Gasteiger partial charge in [-0.2, -0.15) is 4.91 Å². The molecule has 1 heterocycles. The number of aromatic nitrogens is 3. The second-order valence-electron chi connectivity index (χ2n) is 7.26. The highest BCUT2D eigenvalue weighted by molar-refractivity contribution is 9.10. The van der Waals surface area contributed by atoms with E-state index >= 15 is 0 Å². The molecular weight excluding hydrogens is 360 g/mol. The second kappa shape index (κ2) is 6.19. The van der Waals surface area contributed by atoms with Crippen LogP contribution in [-0.4, -0.2) is 27.6 Å². The van der Waals surface area contributed by atoms with Crippen molar-refractivity contribution < 1.29 is 4.74 Å². The second-order valence-corrected chi connectivity index (χ2v) is 8.05. The average molecular weight is 381 g/mol. The molecule has 23 heavy (non-hydrogen) atoms. The maximum absolute atomic E-state index is 11.0. The monoisotopic (exact) mass is 380 g/mol. The van der Waals surface area contributed by atoms with Crippen LogP contribution in [0.3, 0.4) is 0 Å². The molecule has 1 aromatic heterocycles. The standard InChI is InChI=1S/C16H21BrN4O2/c1-16(2,3)13(19-22)9-23-12-7-6-11-15(14(12)17)18-20-21(11)8-10-4-5-10/h6-7,10,13H,4-5,8-9H2,1-3H3. The van der Waals surface area contributed by atoms with E-state index in [0.29, 0.717) is 5.75 Å². The third-order valence-electron chi connectivity index (χ3n) is 4.24. The fourth-order valence-electron chi connectivity index (χ4n) is 2.38. The van der Waals surface area contributed by atoms with Crippen molar-refractivity contribution in [2.45, 2.75) is 46.2 Å². The van der Waals surface area contributed by atoms with Gasteiger partial charge in [0.15, 0.2) is 0 Å². The molecule has 1 aromatic carbocycles. The van der Waals surface area contributed by atoms with E-state index in [1.165, 1.54) is 12.8 Å². The summed E-state index contributed by atoms with van der Waals surface area (Å²) in [6.07, 6.45) is 2.55. The Hall–Kier alpha value is -1.50. The van der Waals surface area contributed by atoms with Crippen molar-refractivity contribution in [3.8, 4) is 5.75 Å². The Bertz CT molecular complexity index is 719. The number of nitroso groups, excluding NO2 is 1. The predicted octanol–water partition coefficient (Wildman–Crippen LogP) is 4.16. The normalized spacial score (nSPS) is 16.5. The molecule has 0 amide bonds. The van der Waals surface area contributed by atoms with E-state index in [1.807, 2.05) is 37.6 Å². The molecule has 124 valence electrons. The van der Waals surface area contributed by atoms with Crippen molar-refractivity contribution in [3.05, 3.63) is 21.5 Å². The van der Waals surface area contributed by atoms with E-state index in [1.54, 1.807) is 0 Å². The molecule has 2 aromatic rings. The van der Waals surface area contributed by atoms with Gasteiger partial charge in [-0.05, 0) is 52.2 Å². The first kappa shape index (κ1) is 16.4. The molecule has 6 nitrogen and oxygen atoms in total. The minimum Gasteiger partial charge on any atom is -0.490 e. The smallest absolute Gasteiger partial charge is 0.136 e. The minimum absolute atomic E-state index is 0.230. The van der Waals surface area contributed by atoms with Gasteiger partial charge in [0.05, 0.1) is 9.99 Å². The molecule has 1 aliphatic rings. The van der Waals surface area contributed by atoms with Crippen LogP contribution >= 0.6 is 15.9 Å². The number of rotatable bonds is 6. The molecule has 0 N–H and O–H groups in total. The van der Waals surface area contributed by atoms with Crippen LogP contribution in [0.4, 0.5) is 0 Å². The Kier molecular flexibility index (Phi) is 4.40. The van der Waals surface area contributed by atoms with E-state index < -0.39 is 6.04 Å². The van der Waals surface area contributed by atoms with Gasteiger partial charge in [-0.25, -0.2) is 4.68 Å². The molecule has 0 saturated heterocycles. The summed E-state index contributed by atoms with van der Waals surface area (Å²) in [5.74, 6) is 1.40. The fraction of sp³-hybridized carbons (Fsp3) is 0.625. The van der Waals surface area contributed by atoms with E-state index in [0.717, 1.165) is 28.0 Å². The molecule has 0 aliphatic heterocycles. The maximum Gasteiger partial charge on any atom is 0.136 e. The third kappa shape index (κ3) is 3.54. The van der Waals surface area contributed by atoms with Crippen molar-refractivity contribution >= 4 is 27.0 Å². The summed E-state index contributed by atoms with van der Waals surface area (Å²) >= 11 is 3.55. The van der Waals surface area contributed by atoms with Crippen molar-refractivity contribution in [3.63, 3.8) is 0 Å². The number of halogens is 1. The van der Waals surface area contributed by atoms with Crippen LogP contribution in [0, 0.1) is 16.2 Å². The van der Waals surface area contributed by atoms with Gasteiger partial charge in [0, 0.05) is 6.54 Å². The lowest BCUT2D eigenvalue weighted by Crippen LogP contribution is -2.30. The van der Waals surface area contributed by atoms with Crippen LogP contribution < -0.4 is 4.74 Å². The molecule has 3 rings (SSSR count). The highest BCUT2D eigenvalue weighted by atomic mass is 79.9. The summed E-state index contributed by atoms with van der Waals surface area (Å²) in [6.45, 7) is 7.09. The third-order valence-corrected chi connectivity index (χ3v) is 5.01. The molecule has 1 saturated carbocycles. The average Bonchev–Trinajstić information content (AvgIpc) is 3.20. The Labute approximate surface area is 143 Å². The van der Waals surface area contributed by atoms with Gasteiger partial charge in [0.2, 0.25) is 0 Å². The van der Waals surface area contributed by atoms with E-state index in [2.05, 4.69) is 31.4 Å². The van der Waals surface area contributed by atoms with Crippen molar-refractivity contribution in [1.82, 2.24) is 15.0 Å². The van der Waals surface area contributed by atoms with E-state index in [-0.39, 0.29) is 12.0 Å². The van der Waals surface area contributed by atoms with Crippen molar-refractivity contribution in [2.75, 3.05) is 6.61 Å². The molecule has 1 atom stereocenters. The Morgan fingerprint density at radius 2 is 2.17 bits per heavy atom. The Balaban J connectivity index is 1.79. The number of ether oxygens (including phenoxy) is 1. The lowest BCUT2D eigenvalue weighted by atomic mass is 9.88. The number of nitrogens with zero attached hydrogens (tertiary/aromatic N) is 4. The quantitative estimate of drug-likeness (QED) is 0.705. The molecule has 0 radical (unpaired) electrons. The van der Waals surface area contributed by atoms with Crippen LogP contribution in [0.25, 0.3) is 11.0 Å². The van der Waals surface area contributed by atoms with E-state index in [9.17, 15) is 4.91 Å². The highest BCUT2D eigenvalue weighted by Gasteiger charge is 2.27. The first-order chi connectivity index (χ1) is 10.9. The van der Waals surface area contributed by atoms with Crippen LogP contribution in [0.15, 0.2) is 21.8 Å². The largest absolute Gasteiger partial charge is 0.490 e. The number of fused-ring (bicyclic) bond motifs is 1. The summed E-state index contributed by atoms with van der Waals surface area (Å²) in [5, 5.41) is 11.7. The minimum atomic E-state index is -0.407. The number of benzene rings is 1. The lowest BCUT2D eigenvalue weighted by Gasteiger charge is -2.24. The summed E-state index contributed by atoms with van der Waals surface area (Å²) in [5.41, 5.74) is 1.55. The summed E-state index contributed by atoms with van der Waals surface area (Å²) < 4.78 is 8.53. The maximum atomic E-state index is 11.0. The molecule has 1 aliphatic carbocycles. The number of hydrogen-bond acceptors (Lipinski definition) is 5. The first-order valence-electron chi connectivity index (χ1n) is 7.87. The zero-order chi connectivity index (χ0) is 16.6. The van der Waals surface area contributed by atoms with Gasteiger partial charge in [-0.15, -0.1) is 5.10 Å². The molecule has 1 unspecified atom stereocenters. The molecule has 7 heteroatoms. The topological polar surface area (TPSA) is 69.4 Å². The van der Waals surface area contributed by atoms with E-state index in [4.69, 9.17) is 4.74 Å². The number of hydrogen-bond donors (Lipinski definition) is 0. The Morgan fingerprint density at radius 3 is 2.78 bits per heavy atom. The SMILES string of the molecule is CC(C)(C)C(COc1ccc2c(nnn2CC2CC2)c1Br)N=O. The van der Waals surface area contributed by atoms with Gasteiger partial charge in [0.1, 0.15) is 23.9 Å². The predicted molar refractivity (Wildman–Crippen MR) is 92.5 cm³/mol. The van der Waals surface area contributed by atoms with Gasteiger partial charge in [-0.3, -0.25) is 0 Å². The zero-order valence-electron chi connectivity index (χ0n) is 13.6. The van der Waals surface area contributed by atoms with Gasteiger partial charge >= 0.3 is 0 Å². The van der Waals surface area contributed by atoms with Crippen LogP contribution in [0.5, 0.6) is 5.75 Å².